The van der Waals surface area contributed by atoms with Gasteiger partial charge in [-0.05, 0) is 43.3 Å². The van der Waals surface area contributed by atoms with Crippen LogP contribution >= 0.6 is 11.8 Å². The van der Waals surface area contributed by atoms with Crippen LogP contribution in [0.3, 0.4) is 0 Å². The van der Waals surface area contributed by atoms with Crippen molar-refractivity contribution in [3.05, 3.63) is 61.2 Å². The van der Waals surface area contributed by atoms with E-state index in [-0.39, 0.29) is 11.7 Å². The van der Waals surface area contributed by atoms with E-state index in [1.165, 1.54) is 11.8 Å². The number of anilines is 1. The molecule has 0 saturated heterocycles. The molecule has 0 spiro atoms. The summed E-state index contributed by atoms with van der Waals surface area (Å²) in [6.07, 6.45) is 1.75. The largest absolute Gasteiger partial charge is 0.494 e. The third-order valence-corrected chi connectivity index (χ3v) is 5.72. The molecule has 0 aliphatic rings. The van der Waals surface area contributed by atoms with E-state index in [1.807, 2.05) is 60.0 Å². The van der Waals surface area contributed by atoms with Crippen LogP contribution in [0.1, 0.15) is 6.92 Å². The maximum absolute atomic E-state index is 12.5. The molecule has 1 N–H and O–H groups in total. The van der Waals surface area contributed by atoms with Crippen molar-refractivity contribution < 1.29 is 18.7 Å². The highest BCUT2D eigenvalue weighted by atomic mass is 32.2. The monoisotopic (exact) mass is 464 g/mol. The Labute approximate surface area is 195 Å². The van der Waals surface area contributed by atoms with Gasteiger partial charge >= 0.3 is 0 Å². The predicted molar refractivity (Wildman–Crippen MR) is 129 cm³/mol. The summed E-state index contributed by atoms with van der Waals surface area (Å²) in [6, 6.07) is 14.8. The number of nitrogens with zero attached hydrogens (tertiary/aromatic N) is 3. The Morgan fingerprint density at radius 1 is 1.24 bits per heavy atom. The fourth-order valence-corrected chi connectivity index (χ4v) is 4.05. The molecule has 0 unspecified atom stereocenters. The molecule has 2 aromatic carbocycles. The summed E-state index contributed by atoms with van der Waals surface area (Å²) < 4.78 is 18.7. The van der Waals surface area contributed by atoms with Crippen LogP contribution in [0, 0.1) is 0 Å². The number of carbonyl (C=O) groups excluding carboxylic acids is 1. The Balaban J connectivity index is 1.49. The summed E-state index contributed by atoms with van der Waals surface area (Å²) in [5, 5.41) is 13.0. The molecule has 0 radical (unpaired) electrons. The fraction of sp³-hybridized carbons (Fsp3) is 0.208. The van der Waals surface area contributed by atoms with Crippen molar-refractivity contribution in [2.75, 3.05) is 24.8 Å². The summed E-state index contributed by atoms with van der Waals surface area (Å²) in [5.41, 5.74) is 1.35. The van der Waals surface area contributed by atoms with Crippen LogP contribution in [0.15, 0.2) is 70.8 Å². The Hall–Kier alpha value is -3.72. The van der Waals surface area contributed by atoms with Gasteiger partial charge in [0.05, 0.1) is 19.5 Å². The van der Waals surface area contributed by atoms with Gasteiger partial charge < -0.3 is 19.2 Å². The van der Waals surface area contributed by atoms with E-state index < -0.39 is 0 Å². The zero-order valence-corrected chi connectivity index (χ0v) is 19.2. The predicted octanol–water partition coefficient (Wildman–Crippen LogP) is 5.02. The molecule has 0 aliphatic heterocycles. The van der Waals surface area contributed by atoms with Crippen LogP contribution in [-0.4, -0.2) is 40.1 Å². The first-order valence-electron chi connectivity index (χ1n) is 10.4. The molecule has 170 valence electrons. The molecule has 2 heterocycles. The molecule has 4 rings (SSSR count). The van der Waals surface area contributed by atoms with Crippen molar-refractivity contribution in [2.24, 2.45) is 0 Å². The Bertz CT molecular complexity index is 1260. The summed E-state index contributed by atoms with van der Waals surface area (Å²) in [4.78, 5) is 12.5. The number of nitrogens with one attached hydrogen (secondary N) is 1. The molecule has 4 aromatic rings. The lowest BCUT2D eigenvalue weighted by Gasteiger charge is -2.08. The maximum Gasteiger partial charge on any atom is 0.234 e. The van der Waals surface area contributed by atoms with Crippen molar-refractivity contribution in [1.82, 2.24) is 14.8 Å². The molecular weight excluding hydrogens is 440 g/mol. The normalized spacial score (nSPS) is 10.8. The van der Waals surface area contributed by atoms with Crippen LogP contribution < -0.4 is 14.8 Å². The molecule has 2 aromatic heterocycles. The van der Waals surface area contributed by atoms with Crippen molar-refractivity contribution in [3.8, 4) is 23.1 Å². The van der Waals surface area contributed by atoms with Crippen LogP contribution in [0.2, 0.25) is 0 Å². The van der Waals surface area contributed by atoms with Gasteiger partial charge in [0.25, 0.3) is 0 Å². The minimum atomic E-state index is -0.146. The SMILES string of the molecule is C=CCn1c(SCC(=O)Nc2ccc(OCC)cc2)nnc1-c1cc2cccc(OC)c2o1. The second kappa shape index (κ2) is 10.3. The van der Waals surface area contributed by atoms with E-state index in [2.05, 4.69) is 22.1 Å². The highest BCUT2D eigenvalue weighted by Crippen LogP contribution is 2.34. The number of fused-ring (bicyclic) bond motifs is 1. The van der Waals surface area contributed by atoms with Gasteiger partial charge in [-0.3, -0.25) is 9.36 Å². The molecule has 0 atom stereocenters. The molecule has 33 heavy (non-hydrogen) atoms. The number of hydrogen-bond acceptors (Lipinski definition) is 7. The van der Waals surface area contributed by atoms with Crippen LogP contribution in [0.4, 0.5) is 5.69 Å². The Kier molecular flexibility index (Phi) is 6.99. The lowest BCUT2D eigenvalue weighted by molar-refractivity contribution is -0.113. The second-order valence-electron chi connectivity index (χ2n) is 6.99. The molecule has 0 aliphatic carbocycles. The van der Waals surface area contributed by atoms with Gasteiger partial charge in [0.1, 0.15) is 5.75 Å². The topological polar surface area (TPSA) is 91.4 Å². The van der Waals surface area contributed by atoms with Crippen molar-refractivity contribution in [1.29, 1.82) is 0 Å². The number of amides is 1. The first kappa shape index (κ1) is 22.5. The summed E-state index contributed by atoms with van der Waals surface area (Å²) in [7, 11) is 1.60. The first-order valence-corrected chi connectivity index (χ1v) is 11.4. The molecule has 0 bridgehead atoms. The van der Waals surface area contributed by atoms with Gasteiger partial charge in [0.15, 0.2) is 22.2 Å². The van der Waals surface area contributed by atoms with E-state index in [9.17, 15) is 4.79 Å². The highest BCUT2D eigenvalue weighted by molar-refractivity contribution is 7.99. The fourth-order valence-electron chi connectivity index (χ4n) is 3.31. The third kappa shape index (κ3) is 5.04. The van der Waals surface area contributed by atoms with E-state index in [0.717, 1.165) is 11.1 Å². The average Bonchev–Trinajstić information content (AvgIpc) is 3.43. The van der Waals surface area contributed by atoms with Gasteiger partial charge in [-0.1, -0.05) is 30.0 Å². The number of ether oxygens (including phenoxy) is 2. The maximum atomic E-state index is 12.5. The number of methoxy groups -OCH3 is 1. The number of rotatable bonds is 10. The zero-order valence-electron chi connectivity index (χ0n) is 18.4. The average molecular weight is 465 g/mol. The molecular formula is C24H24N4O4S. The number of thioether (sulfide) groups is 1. The van der Waals surface area contributed by atoms with Crippen LogP contribution in [-0.2, 0) is 11.3 Å². The lowest BCUT2D eigenvalue weighted by Crippen LogP contribution is -2.14. The molecule has 0 saturated carbocycles. The van der Waals surface area contributed by atoms with Gasteiger partial charge in [-0.15, -0.1) is 16.8 Å². The minimum Gasteiger partial charge on any atom is -0.494 e. The number of carbonyl (C=O) groups is 1. The second-order valence-corrected chi connectivity index (χ2v) is 7.93. The van der Waals surface area contributed by atoms with Gasteiger partial charge in [0.2, 0.25) is 11.7 Å². The van der Waals surface area contributed by atoms with Crippen LogP contribution in [0.5, 0.6) is 11.5 Å². The molecule has 0 fully saturated rings. The molecule has 9 heteroatoms. The molecule has 1 amide bonds. The van der Waals surface area contributed by atoms with Crippen molar-refractivity contribution in [2.45, 2.75) is 18.6 Å². The van der Waals surface area contributed by atoms with E-state index >= 15 is 0 Å². The number of allylic oxidation sites excluding steroid dienone is 1. The number of furan rings is 1. The van der Waals surface area contributed by atoms with E-state index in [0.29, 0.717) is 46.9 Å². The first-order chi connectivity index (χ1) is 16.1. The van der Waals surface area contributed by atoms with Gasteiger partial charge in [-0.2, -0.15) is 0 Å². The third-order valence-electron chi connectivity index (χ3n) is 4.76. The standard InChI is InChI=1S/C24H24N4O4S/c1-4-13-28-23(20-14-16-7-6-8-19(30-3)22(16)32-20)26-27-24(28)33-15-21(29)25-17-9-11-18(12-10-17)31-5-2/h4,6-12,14H,1,5,13,15H2,2-3H3,(H,25,29). The smallest absolute Gasteiger partial charge is 0.234 e. The number of benzene rings is 2. The highest BCUT2D eigenvalue weighted by Gasteiger charge is 2.19. The summed E-state index contributed by atoms with van der Waals surface area (Å²) in [6.45, 7) is 6.82. The summed E-state index contributed by atoms with van der Waals surface area (Å²) in [5.74, 6) is 2.56. The van der Waals surface area contributed by atoms with Gasteiger partial charge in [-0.25, -0.2) is 0 Å². The van der Waals surface area contributed by atoms with Crippen molar-refractivity contribution >= 4 is 34.3 Å². The molecule has 8 nitrogen and oxygen atoms in total. The number of hydrogen-bond donors (Lipinski definition) is 1. The lowest BCUT2D eigenvalue weighted by atomic mass is 10.2. The van der Waals surface area contributed by atoms with Crippen molar-refractivity contribution in [3.63, 3.8) is 0 Å². The Morgan fingerprint density at radius 3 is 2.79 bits per heavy atom. The minimum absolute atomic E-state index is 0.146. The van der Waals surface area contributed by atoms with E-state index in [4.69, 9.17) is 13.9 Å². The van der Waals surface area contributed by atoms with Crippen LogP contribution in [0.25, 0.3) is 22.6 Å². The quantitative estimate of drug-likeness (QED) is 0.260. The number of aromatic nitrogens is 3. The van der Waals surface area contributed by atoms with E-state index in [1.54, 1.807) is 13.2 Å². The summed E-state index contributed by atoms with van der Waals surface area (Å²) >= 11 is 1.29. The number of para-hydroxylation sites is 1. The zero-order chi connectivity index (χ0) is 23.2. The van der Waals surface area contributed by atoms with Gasteiger partial charge in [0, 0.05) is 17.6 Å². The Morgan fingerprint density at radius 2 is 2.06 bits per heavy atom.